The van der Waals surface area contributed by atoms with Crippen molar-refractivity contribution in [2.45, 2.75) is 19.4 Å². The third-order valence-corrected chi connectivity index (χ3v) is 3.28. The molecule has 0 spiro atoms. The first-order valence-corrected chi connectivity index (χ1v) is 5.93. The molecule has 0 aliphatic heterocycles. The minimum atomic E-state index is -0.900. The van der Waals surface area contributed by atoms with Crippen LogP contribution in [0.3, 0.4) is 0 Å². The lowest BCUT2D eigenvalue weighted by atomic mass is 9.96. The molecule has 18 heavy (non-hydrogen) atoms. The van der Waals surface area contributed by atoms with Gasteiger partial charge in [-0.25, -0.2) is 0 Å². The van der Waals surface area contributed by atoms with Gasteiger partial charge in [0.1, 0.15) is 5.75 Å². The molecule has 3 rings (SSSR count). The molecule has 3 heteroatoms. The van der Waals surface area contributed by atoms with Gasteiger partial charge in [0.25, 0.3) is 0 Å². The summed E-state index contributed by atoms with van der Waals surface area (Å²) in [6.07, 6.45) is 0. The highest BCUT2D eigenvalue weighted by molar-refractivity contribution is 6.08. The fraction of sp³-hybridized carbons (Fsp3) is 0.200. The molecule has 0 atom stereocenters. The fourth-order valence-corrected chi connectivity index (χ4v) is 2.42. The van der Waals surface area contributed by atoms with Crippen LogP contribution in [0, 0.1) is 0 Å². The molecule has 0 unspecified atom stereocenters. The number of hydrogen-bond acceptors (Lipinski definition) is 2. The van der Waals surface area contributed by atoms with E-state index >= 15 is 0 Å². The monoisotopic (exact) mass is 241 g/mol. The number of fused-ring (bicyclic) bond motifs is 3. The van der Waals surface area contributed by atoms with Gasteiger partial charge in [-0.2, -0.15) is 0 Å². The molecule has 0 amide bonds. The van der Waals surface area contributed by atoms with Crippen molar-refractivity contribution < 1.29 is 10.2 Å². The van der Waals surface area contributed by atoms with Crippen molar-refractivity contribution in [2.24, 2.45) is 0 Å². The maximum absolute atomic E-state index is 10.2. The van der Waals surface area contributed by atoms with Crippen LogP contribution in [-0.2, 0) is 5.60 Å². The van der Waals surface area contributed by atoms with Crippen LogP contribution in [0.2, 0.25) is 0 Å². The van der Waals surface area contributed by atoms with E-state index in [1.54, 1.807) is 26.0 Å². The minimum Gasteiger partial charge on any atom is -0.508 e. The standard InChI is InChI=1S/C15H15NO2/c1-15(2,18)12-5-3-4-10-11-8-9(17)6-7-13(11)16-14(10)12/h3-8,16-18H,1-2H3. The number of aromatic amines is 1. The highest BCUT2D eigenvalue weighted by atomic mass is 16.3. The maximum Gasteiger partial charge on any atom is 0.116 e. The van der Waals surface area contributed by atoms with Gasteiger partial charge in [0.05, 0.1) is 11.1 Å². The quantitative estimate of drug-likeness (QED) is 0.612. The molecule has 0 fully saturated rings. The van der Waals surface area contributed by atoms with Crippen molar-refractivity contribution in [3.05, 3.63) is 42.0 Å². The first-order chi connectivity index (χ1) is 8.47. The van der Waals surface area contributed by atoms with E-state index in [2.05, 4.69) is 4.98 Å². The SMILES string of the molecule is CC(C)(O)c1cccc2c1[nH]c1ccc(O)cc12. The summed E-state index contributed by atoms with van der Waals surface area (Å²) < 4.78 is 0. The minimum absolute atomic E-state index is 0.247. The summed E-state index contributed by atoms with van der Waals surface area (Å²) in [7, 11) is 0. The number of nitrogens with one attached hydrogen (secondary N) is 1. The van der Waals surface area contributed by atoms with E-state index in [0.717, 1.165) is 27.4 Å². The third-order valence-electron chi connectivity index (χ3n) is 3.28. The van der Waals surface area contributed by atoms with Gasteiger partial charge in [-0.1, -0.05) is 18.2 Å². The number of H-pyrrole nitrogens is 1. The molecule has 0 bridgehead atoms. The lowest BCUT2D eigenvalue weighted by Crippen LogP contribution is -2.15. The Bertz CT molecular complexity index is 735. The van der Waals surface area contributed by atoms with E-state index in [9.17, 15) is 10.2 Å². The van der Waals surface area contributed by atoms with Gasteiger partial charge >= 0.3 is 0 Å². The first-order valence-electron chi connectivity index (χ1n) is 5.93. The van der Waals surface area contributed by atoms with Crippen molar-refractivity contribution in [1.29, 1.82) is 0 Å². The molecule has 1 aromatic heterocycles. The van der Waals surface area contributed by atoms with E-state index < -0.39 is 5.60 Å². The molecule has 0 radical (unpaired) electrons. The van der Waals surface area contributed by atoms with E-state index in [4.69, 9.17) is 0 Å². The predicted octanol–water partition coefficient (Wildman–Crippen LogP) is 3.25. The normalized spacial score (nSPS) is 12.4. The highest BCUT2D eigenvalue weighted by Gasteiger charge is 2.20. The number of aliphatic hydroxyl groups is 1. The molecule has 0 saturated heterocycles. The Morgan fingerprint density at radius 1 is 1.06 bits per heavy atom. The fourth-order valence-electron chi connectivity index (χ4n) is 2.42. The zero-order valence-corrected chi connectivity index (χ0v) is 10.4. The zero-order chi connectivity index (χ0) is 12.9. The van der Waals surface area contributed by atoms with Crippen LogP contribution in [0.5, 0.6) is 5.75 Å². The molecule has 3 nitrogen and oxygen atoms in total. The van der Waals surface area contributed by atoms with Crippen molar-refractivity contribution >= 4 is 21.8 Å². The molecular weight excluding hydrogens is 226 g/mol. The summed E-state index contributed by atoms with van der Waals surface area (Å²) in [5.41, 5.74) is 1.84. The number of aromatic nitrogens is 1. The van der Waals surface area contributed by atoms with Crippen LogP contribution in [0.15, 0.2) is 36.4 Å². The molecular formula is C15H15NO2. The number of rotatable bonds is 1. The van der Waals surface area contributed by atoms with Crippen molar-refractivity contribution in [1.82, 2.24) is 4.98 Å². The van der Waals surface area contributed by atoms with Gasteiger partial charge in [-0.3, -0.25) is 0 Å². The number of phenols is 1. The zero-order valence-electron chi connectivity index (χ0n) is 10.4. The summed E-state index contributed by atoms with van der Waals surface area (Å²) >= 11 is 0. The molecule has 3 aromatic rings. The molecule has 3 N–H and O–H groups in total. The van der Waals surface area contributed by atoms with Crippen LogP contribution in [0.1, 0.15) is 19.4 Å². The number of para-hydroxylation sites is 1. The maximum atomic E-state index is 10.2. The first kappa shape index (κ1) is 11.1. The predicted molar refractivity (Wildman–Crippen MR) is 72.7 cm³/mol. The van der Waals surface area contributed by atoms with E-state index in [-0.39, 0.29) is 5.75 Å². The van der Waals surface area contributed by atoms with Gasteiger partial charge in [0, 0.05) is 21.9 Å². The molecule has 0 aliphatic carbocycles. The number of aromatic hydroxyl groups is 1. The highest BCUT2D eigenvalue weighted by Crippen LogP contribution is 2.33. The lowest BCUT2D eigenvalue weighted by Gasteiger charge is -2.18. The van der Waals surface area contributed by atoms with E-state index in [1.807, 2.05) is 24.3 Å². The molecule has 2 aromatic carbocycles. The van der Waals surface area contributed by atoms with Crippen molar-refractivity contribution in [3.8, 4) is 5.75 Å². The smallest absolute Gasteiger partial charge is 0.116 e. The van der Waals surface area contributed by atoms with Crippen LogP contribution in [0.4, 0.5) is 0 Å². The van der Waals surface area contributed by atoms with Crippen LogP contribution in [0.25, 0.3) is 21.8 Å². The Morgan fingerprint density at radius 3 is 2.56 bits per heavy atom. The second-order valence-electron chi connectivity index (χ2n) is 5.14. The average molecular weight is 241 g/mol. The second kappa shape index (κ2) is 3.50. The summed E-state index contributed by atoms with van der Waals surface area (Å²) in [5.74, 6) is 0.247. The Morgan fingerprint density at radius 2 is 1.83 bits per heavy atom. The van der Waals surface area contributed by atoms with Gasteiger partial charge in [-0.05, 0) is 32.0 Å². The van der Waals surface area contributed by atoms with Crippen molar-refractivity contribution in [3.63, 3.8) is 0 Å². The summed E-state index contributed by atoms with van der Waals surface area (Å²) in [5, 5.41) is 21.8. The van der Waals surface area contributed by atoms with E-state index in [1.165, 1.54) is 0 Å². The lowest BCUT2D eigenvalue weighted by molar-refractivity contribution is 0.0800. The van der Waals surface area contributed by atoms with Gasteiger partial charge < -0.3 is 15.2 Å². The number of phenolic OH excluding ortho intramolecular Hbond substituents is 1. The third kappa shape index (κ3) is 1.56. The largest absolute Gasteiger partial charge is 0.508 e. The topological polar surface area (TPSA) is 56.2 Å². The van der Waals surface area contributed by atoms with Crippen LogP contribution >= 0.6 is 0 Å². The Balaban J connectivity index is 2.47. The summed E-state index contributed by atoms with van der Waals surface area (Å²) in [6.45, 7) is 3.54. The summed E-state index contributed by atoms with van der Waals surface area (Å²) in [4.78, 5) is 3.31. The van der Waals surface area contributed by atoms with E-state index in [0.29, 0.717) is 0 Å². The molecule has 92 valence electrons. The Hall–Kier alpha value is -2.00. The molecule has 0 saturated carbocycles. The molecule has 1 heterocycles. The van der Waals surface area contributed by atoms with Crippen LogP contribution < -0.4 is 0 Å². The summed E-state index contributed by atoms with van der Waals surface area (Å²) in [6, 6.07) is 11.1. The molecule has 0 aliphatic rings. The van der Waals surface area contributed by atoms with Gasteiger partial charge in [0.15, 0.2) is 0 Å². The number of benzene rings is 2. The average Bonchev–Trinajstić information content (AvgIpc) is 2.65. The number of hydrogen-bond donors (Lipinski definition) is 3. The Labute approximate surface area is 105 Å². The Kier molecular flexibility index (Phi) is 2.16. The van der Waals surface area contributed by atoms with Gasteiger partial charge in [-0.15, -0.1) is 0 Å². The second-order valence-corrected chi connectivity index (χ2v) is 5.14. The van der Waals surface area contributed by atoms with Gasteiger partial charge in [0.2, 0.25) is 0 Å². The van der Waals surface area contributed by atoms with Crippen LogP contribution in [-0.4, -0.2) is 15.2 Å². The van der Waals surface area contributed by atoms with Crippen molar-refractivity contribution in [2.75, 3.05) is 0 Å².